The molecule has 3 nitrogen and oxygen atoms in total. The van der Waals surface area contributed by atoms with E-state index in [0.29, 0.717) is 13.0 Å². The summed E-state index contributed by atoms with van der Waals surface area (Å²) in [5, 5.41) is 2.87. The number of hydrogen-bond acceptors (Lipinski definition) is 2. The summed E-state index contributed by atoms with van der Waals surface area (Å²) in [6, 6.07) is 7.75. The SMILES string of the molecule is COCC(C)CC(=O)Nc1cccc(I)c1. The van der Waals surface area contributed by atoms with Gasteiger partial charge in [0.15, 0.2) is 0 Å². The standard InChI is InChI=1S/C12H16INO2/c1-9(8-16-2)6-12(15)14-11-5-3-4-10(13)7-11/h3-5,7,9H,6,8H2,1-2H3,(H,14,15). The molecule has 0 bridgehead atoms. The maximum Gasteiger partial charge on any atom is 0.224 e. The van der Waals surface area contributed by atoms with Crippen molar-refractivity contribution in [3.63, 3.8) is 0 Å². The van der Waals surface area contributed by atoms with E-state index in [4.69, 9.17) is 4.74 Å². The Morgan fingerprint density at radius 3 is 2.94 bits per heavy atom. The molecule has 0 aliphatic heterocycles. The quantitative estimate of drug-likeness (QED) is 0.842. The predicted octanol–water partition coefficient (Wildman–Crippen LogP) is 2.90. The Morgan fingerprint density at radius 1 is 1.56 bits per heavy atom. The monoisotopic (exact) mass is 333 g/mol. The average molecular weight is 333 g/mol. The van der Waals surface area contributed by atoms with Crippen LogP contribution in [0.2, 0.25) is 0 Å². The van der Waals surface area contributed by atoms with Gasteiger partial charge in [-0.25, -0.2) is 0 Å². The van der Waals surface area contributed by atoms with Crippen molar-refractivity contribution in [2.24, 2.45) is 5.92 Å². The Labute approximate surface area is 110 Å². The lowest BCUT2D eigenvalue weighted by Crippen LogP contribution is -2.17. The van der Waals surface area contributed by atoms with Crippen molar-refractivity contribution in [2.45, 2.75) is 13.3 Å². The van der Waals surface area contributed by atoms with Crippen molar-refractivity contribution < 1.29 is 9.53 Å². The van der Waals surface area contributed by atoms with Crippen molar-refractivity contribution >= 4 is 34.2 Å². The number of nitrogens with one attached hydrogen (secondary N) is 1. The number of methoxy groups -OCH3 is 1. The second kappa shape index (κ2) is 6.85. The predicted molar refractivity (Wildman–Crippen MR) is 73.4 cm³/mol. The summed E-state index contributed by atoms with van der Waals surface area (Å²) in [5.74, 6) is 0.277. The third-order valence-electron chi connectivity index (χ3n) is 2.09. The molecule has 1 N–H and O–H groups in total. The Morgan fingerprint density at radius 2 is 2.31 bits per heavy atom. The molecule has 4 heteroatoms. The molecule has 0 aliphatic carbocycles. The molecule has 0 saturated carbocycles. The second-order valence-corrected chi connectivity index (χ2v) is 5.07. The molecule has 16 heavy (non-hydrogen) atoms. The Balaban J connectivity index is 2.45. The Bertz CT molecular complexity index is 355. The van der Waals surface area contributed by atoms with Crippen molar-refractivity contribution in [3.8, 4) is 0 Å². The first kappa shape index (κ1) is 13.4. The van der Waals surface area contributed by atoms with E-state index in [1.807, 2.05) is 31.2 Å². The normalized spacial score (nSPS) is 12.2. The highest BCUT2D eigenvalue weighted by molar-refractivity contribution is 14.1. The lowest BCUT2D eigenvalue weighted by molar-refractivity contribution is -0.117. The van der Waals surface area contributed by atoms with E-state index in [1.165, 1.54) is 0 Å². The number of hydrogen-bond donors (Lipinski definition) is 1. The number of benzene rings is 1. The van der Waals surface area contributed by atoms with Crippen LogP contribution in [0.15, 0.2) is 24.3 Å². The number of anilines is 1. The van der Waals surface area contributed by atoms with Crippen molar-refractivity contribution in [3.05, 3.63) is 27.8 Å². The fraction of sp³-hybridized carbons (Fsp3) is 0.417. The van der Waals surface area contributed by atoms with Gasteiger partial charge in [-0.3, -0.25) is 4.79 Å². The van der Waals surface area contributed by atoms with Crippen molar-refractivity contribution in [1.29, 1.82) is 0 Å². The minimum absolute atomic E-state index is 0.0338. The molecule has 0 heterocycles. The van der Waals surface area contributed by atoms with Crippen molar-refractivity contribution in [2.75, 3.05) is 19.0 Å². The summed E-state index contributed by atoms with van der Waals surface area (Å²) in [4.78, 5) is 11.6. The molecule has 0 spiro atoms. The highest BCUT2D eigenvalue weighted by atomic mass is 127. The van der Waals surface area contributed by atoms with Gasteiger partial charge >= 0.3 is 0 Å². The largest absolute Gasteiger partial charge is 0.384 e. The molecule has 1 atom stereocenters. The summed E-state index contributed by atoms with van der Waals surface area (Å²) in [6.45, 7) is 2.61. The highest BCUT2D eigenvalue weighted by Gasteiger charge is 2.08. The lowest BCUT2D eigenvalue weighted by Gasteiger charge is -2.10. The van der Waals surface area contributed by atoms with E-state index >= 15 is 0 Å². The topological polar surface area (TPSA) is 38.3 Å². The molecule has 0 saturated heterocycles. The first-order chi connectivity index (χ1) is 7.61. The molecule has 0 aliphatic rings. The van der Waals surface area contributed by atoms with E-state index in [2.05, 4.69) is 27.9 Å². The average Bonchev–Trinajstić information content (AvgIpc) is 2.17. The van der Waals surface area contributed by atoms with Gasteiger partial charge < -0.3 is 10.1 Å². The molecule has 1 amide bonds. The Hall–Kier alpha value is -0.620. The van der Waals surface area contributed by atoms with Gasteiger partial charge in [-0.05, 0) is 46.7 Å². The molecule has 1 aromatic carbocycles. The fourth-order valence-electron chi connectivity index (χ4n) is 1.44. The zero-order valence-electron chi connectivity index (χ0n) is 9.50. The number of carbonyl (C=O) groups is 1. The molecule has 88 valence electrons. The molecular formula is C12H16INO2. The molecule has 0 aromatic heterocycles. The van der Waals surface area contributed by atoms with Gasteiger partial charge in [0.2, 0.25) is 5.91 Å². The molecule has 0 radical (unpaired) electrons. The molecular weight excluding hydrogens is 317 g/mol. The number of halogens is 1. The van der Waals surface area contributed by atoms with E-state index in [0.717, 1.165) is 9.26 Å². The van der Waals surface area contributed by atoms with Crippen LogP contribution in [0.1, 0.15) is 13.3 Å². The molecule has 1 aromatic rings. The third-order valence-corrected chi connectivity index (χ3v) is 2.76. The van der Waals surface area contributed by atoms with Gasteiger partial charge in [-0.15, -0.1) is 0 Å². The lowest BCUT2D eigenvalue weighted by atomic mass is 10.1. The summed E-state index contributed by atoms with van der Waals surface area (Å²) in [7, 11) is 1.65. The summed E-state index contributed by atoms with van der Waals surface area (Å²) in [6.07, 6.45) is 0.485. The number of amides is 1. The van der Waals surface area contributed by atoms with Crippen LogP contribution in [0.4, 0.5) is 5.69 Å². The third kappa shape index (κ3) is 4.94. The van der Waals surface area contributed by atoms with Crippen LogP contribution in [0.3, 0.4) is 0 Å². The van der Waals surface area contributed by atoms with Gasteiger partial charge in [0.25, 0.3) is 0 Å². The van der Waals surface area contributed by atoms with Crippen molar-refractivity contribution in [1.82, 2.24) is 0 Å². The number of ether oxygens (including phenoxy) is 1. The van der Waals surface area contributed by atoms with Crippen LogP contribution in [-0.2, 0) is 9.53 Å². The maximum atomic E-state index is 11.6. The van der Waals surface area contributed by atoms with E-state index in [9.17, 15) is 4.79 Å². The minimum atomic E-state index is 0.0338. The Kier molecular flexibility index (Phi) is 5.76. The molecule has 1 rings (SSSR count). The van der Waals surface area contributed by atoms with Crippen LogP contribution in [0.5, 0.6) is 0 Å². The van der Waals surface area contributed by atoms with E-state index in [-0.39, 0.29) is 11.8 Å². The first-order valence-electron chi connectivity index (χ1n) is 5.16. The summed E-state index contributed by atoms with van der Waals surface area (Å²) >= 11 is 2.22. The van der Waals surface area contributed by atoms with E-state index in [1.54, 1.807) is 7.11 Å². The number of rotatable bonds is 5. The zero-order valence-corrected chi connectivity index (χ0v) is 11.7. The van der Waals surface area contributed by atoms with Crippen LogP contribution < -0.4 is 5.32 Å². The zero-order chi connectivity index (χ0) is 12.0. The molecule has 0 fully saturated rings. The van der Waals surface area contributed by atoms with Crippen LogP contribution >= 0.6 is 22.6 Å². The van der Waals surface area contributed by atoms with Gasteiger partial charge in [-0.1, -0.05) is 13.0 Å². The summed E-state index contributed by atoms with van der Waals surface area (Å²) < 4.78 is 6.10. The highest BCUT2D eigenvalue weighted by Crippen LogP contribution is 2.13. The smallest absolute Gasteiger partial charge is 0.224 e. The van der Waals surface area contributed by atoms with Crippen LogP contribution in [-0.4, -0.2) is 19.6 Å². The maximum absolute atomic E-state index is 11.6. The van der Waals surface area contributed by atoms with Crippen LogP contribution in [0, 0.1) is 9.49 Å². The van der Waals surface area contributed by atoms with Crippen LogP contribution in [0.25, 0.3) is 0 Å². The fourth-order valence-corrected chi connectivity index (χ4v) is 1.98. The second-order valence-electron chi connectivity index (χ2n) is 3.82. The van der Waals surface area contributed by atoms with Gasteiger partial charge in [0, 0.05) is 29.4 Å². The molecule has 1 unspecified atom stereocenters. The van der Waals surface area contributed by atoms with E-state index < -0.39 is 0 Å². The first-order valence-corrected chi connectivity index (χ1v) is 6.24. The van der Waals surface area contributed by atoms with Gasteiger partial charge in [-0.2, -0.15) is 0 Å². The van der Waals surface area contributed by atoms with Gasteiger partial charge in [0.05, 0.1) is 0 Å². The minimum Gasteiger partial charge on any atom is -0.384 e. The summed E-state index contributed by atoms with van der Waals surface area (Å²) in [5.41, 5.74) is 0.849. The number of carbonyl (C=O) groups excluding carboxylic acids is 1. The van der Waals surface area contributed by atoms with Gasteiger partial charge in [0.1, 0.15) is 0 Å².